The molecule has 2 aromatic carbocycles. The maximum atomic E-state index is 5.95. The molecule has 0 aliphatic heterocycles. The molecule has 88 valence electrons. The van der Waals surface area contributed by atoms with Crippen molar-refractivity contribution in [3.8, 4) is 5.75 Å². The molecule has 0 amide bonds. The van der Waals surface area contributed by atoms with Crippen molar-refractivity contribution < 1.29 is 4.74 Å². The zero-order valence-corrected chi connectivity index (χ0v) is 9.97. The van der Waals surface area contributed by atoms with E-state index < -0.39 is 0 Å². The minimum absolute atomic E-state index is 0.0971. The number of hydrogen-bond acceptors (Lipinski definition) is 2. The lowest BCUT2D eigenvalue weighted by molar-refractivity contribution is 0.201. The fourth-order valence-corrected chi connectivity index (χ4v) is 1.77. The lowest BCUT2D eigenvalue weighted by atomic mass is 10.1. The lowest BCUT2D eigenvalue weighted by Gasteiger charge is -2.18. The number of hydrogen-bond donors (Lipinski definition) is 1. The largest absolute Gasteiger partial charge is 0.486 e. The first-order valence-electron chi connectivity index (χ1n) is 5.86. The molecule has 17 heavy (non-hydrogen) atoms. The standard InChI is InChI=1S/C15H17NO/c1-2-15(12-6-4-3-5-7-12)17-14-10-8-13(16)9-11-14/h3-11,15H,2,16H2,1H3. The highest BCUT2D eigenvalue weighted by Gasteiger charge is 2.10. The van der Waals surface area contributed by atoms with Crippen LogP contribution in [-0.2, 0) is 0 Å². The Kier molecular flexibility index (Phi) is 3.66. The van der Waals surface area contributed by atoms with Crippen LogP contribution in [0.2, 0.25) is 0 Å². The highest BCUT2D eigenvalue weighted by atomic mass is 16.5. The number of ether oxygens (including phenoxy) is 1. The van der Waals surface area contributed by atoms with E-state index in [1.807, 2.05) is 42.5 Å². The predicted octanol–water partition coefficient (Wildman–Crippen LogP) is 3.80. The van der Waals surface area contributed by atoms with Gasteiger partial charge in [0, 0.05) is 5.69 Å². The molecule has 0 saturated carbocycles. The van der Waals surface area contributed by atoms with E-state index in [0.717, 1.165) is 17.9 Å². The normalized spacial score (nSPS) is 12.1. The summed E-state index contributed by atoms with van der Waals surface area (Å²) in [6.07, 6.45) is 1.04. The number of nitrogens with two attached hydrogens (primary N) is 1. The first-order valence-corrected chi connectivity index (χ1v) is 5.86. The molecule has 0 aliphatic rings. The third-order valence-corrected chi connectivity index (χ3v) is 2.70. The molecule has 0 radical (unpaired) electrons. The van der Waals surface area contributed by atoms with E-state index >= 15 is 0 Å². The molecule has 0 spiro atoms. The van der Waals surface area contributed by atoms with Gasteiger partial charge in [-0.1, -0.05) is 37.3 Å². The van der Waals surface area contributed by atoms with Crippen molar-refractivity contribution in [1.82, 2.24) is 0 Å². The second-order valence-electron chi connectivity index (χ2n) is 3.99. The maximum absolute atomic E-state index is 5.95. The smallest absolute Gasteiger partial charge is 0.123 e. The van der Waals surface area contributed by atoms with Crippen LogP contribution in [0.3, 0.4) is 0 Å². The van der Waals surface area contributed by atoms with E-state index in [9.17, 15) is 0 Å². The van der Waals surface area contributed by atoms with Crippen LogP contribution in [0.15, 0.2) is 54.6 Å². The van der Waals surface area contributed by atoms with Gasteiger partial charge in [0.2, 0.25) is 0 Å². The van der Waals surface area contributed by atoms with Gasteiger partial charge in [0.1, 0.15) is 11.9 Å². The summed E-state index contributed by atoms with van der Waals surface area (Å²) in [5.41, 5.74) is 7.60. The van der Waals surface area contributed by atoms with Gasteiger partial charge in [-0.05, 0) is 36.2 Å². The van der Waals surface area contributed by atoms with Gasteiger partial charge in [-0.2, -0.15) is 0 Å². The molecule has 2 nitrogen and oxygen atoms in total. The van der Waals surface area contributed by atoms with Gasteiger partial charge >= 0.3 is 0 Å². The summed E-state index contributed by atoms with van der Waals surface area (Å²) in [4.78, 5) is 0. The number of rotatable bonds is 4. The summed E-state index contributed by atoms with van der Waals surface area (Å²) in [6, 6.07) is 17.8. The van der Waals surface area contributed by atoms with Crippen LogP contribution in [0.4, 0.5) is 5.69 Å². The Morgan fingerprint density at radius 3 is 2.24 bits per heavy atom. The molecule has 2 heteroatoms. The molecule has 2 N–H and O–H groups in total. The van der Waals surface area contributed by atoms with Crippen molar-refractivity contribution in [2.45, 2.75) is 19.4 Å². The van der Waals surface area contributed by atoms with Crippen molar-refractivity contribution in [3.63, 3.8) is 0 Å². The van der Waals surface area contributed by atoms with Gasteiger partial charge < -0.3 is 10.5 Å². The highest BCUT2D eigenvalue weighted by molar-refractivity contribution is 5.41. The third-order valence-electron chi connectivity index (χ3n) is 2.70. The lowest BCUT2D eigenvalue weighted by Crippen LogP contribution is -2.06. The van der Waals surface area contributed by atoms with Crippen molar-refractivity contribution in [3.05, 3.63) is 60.2 Å². The van der Waals surface area contributed by atoms with E-state index in [1.165, 1.54) is 5.56 Å². The Hall–Kier alpha value is -1.96. The fourth-order valence-electron chi connectivity index (χ4n) is 1.77. The highest BCUT2D eigenvalue weighted by Crippen LogP contribution is 2.24. The topological polar surface area (TPSA) is 35.2 Å². The Labute approximate surface area is 102 Å². The van der Waals surface area contributed by atoms with E-state index in [4.69, 9.17) is 10.5 Å². The summed E-state index contributed by atoms with van der Waals surface area (Å²) in [6.45, 7) is 2.12. The Bertz CT molecular complexity index is 450. The second-order valence-corrected chi connectivity index (χ2v) is 3.99. The zero-order chi connectivity index (χ0) is 12.1. The van der Waals surface area contributed by atoms with Crippen LogP contribution in [0.25, 0.3) is 0 Å². The van der Waals surface area contributed by atoms with Gasteiger partial charge in [0.05, 0.1) is 0 Å². The molecule has 0 aliphatic carbocycles. The number of benzene rings is 2. The average molecular weight is 227 g/mol. The van der Waals surface area contributed by atoms with Gasteiger partial charge in [0.25, 0.3) is 0 Å². The van der Waals surface area contributed by atoms with Crippen LogP contribution in [0.5, 0.6) is 5.75 Å². The van der Waals surface area contributed by atoms with Crippen molar-refractivity contribution in [2.24, 2.45) is 0 Å². The van der Waals surface area contributed by atoms with Crippen LogP contribution in [-0.4, -0.2) is 0 Å². The molecule has 0 saturated heterocycles. The fraction of sp³-hybridized carbons (Fsp3) is 0.200. The minimum atomic E-state index is 0.0971. The van der Waals surface area contributed by atoms with Gasteiger partial charge in [-0.15, -0.1) is 0 Å². The summed E-state index contributed by atoms with van der Waals surface area (Å²) in [5.74, 6) is 0.856. The molecule has 2 aromatic rings. The molecule has 0 fully saturated rings. The minimum Gasteiger partial charge on any atom is -0.486 e. The van der Waals surface area contributed by atoms with Gasteiger partial charge in [-0.3, -0.25) is 0 Å². The molecule has 0 aromatic heterocycles. The summed E-state index contributed by atoms with van der Waals surface area (Å²) < 4.78 is 5.95. The van der Waals surface area contributed by atoms with E-state index in [2.05, 4.69) is 19.1 Å². The summed E-state index contributed by atoms with van der Waals surface area (Å²) in [5, 5.41) is 0. The average Bonchev–Trinajstić information content (AvgIpc) is 2.39. The van der Waals surface area contributed by atoms with E-state index in [0.29, 0.717) is 0 Å². The third kappa shape index (κ3) is 3.00. The number of nitrogen functional groups attached to an aromatic ring is 1. The quantitative estimate of drug-likeness (QED) is 0.806. The maximum Gasteiger partial charge on any atom is 0.123 e. The van der Waals surface area contributed by atoms with Gasteiger partial charge in [0.15, 0.2) is 0 Å². The zero-order valence-electron chi connectivity index (χ0n) is 9.97. The molecule has 1 unspecified atom stereocenters. The molecule has 0 bridgehead atoms. The van der Waals surface area contributed by atoms with Crippen LogP contribution in [0, 0.1) is 0 Å². The second kappa shape index (κ2) is 5.39. The Balaban J connectivity index is 2.13. The van der Waals surface area contributed by atoms with Crippen LogP contribution in [0.1, 0.15) is 25.0 Å². The van der Waals surface area contributed by atoms with Crippen molar-refractivity contribution >= 4 is 5.69 Å². The molecule has 2 rings (SSSR count). The Morgan fingerprint density at radius 1 is 1.00 bits per heavy atom. The SMILES string of the molecule is CCC(Oc1ccc(N)cc1)c1ccccc1. The monoisotopic (exact) mass is 227 g/mol. The van der Waals surface area contributed by atoms with Gasteiger partial charge in [-0.25, -0.2) is 0 Å². The van der Waals surface area contributed by atoms with Crippen molar-refractivity contribution in [2.75, 3.05) is 5.73 Å². The van der Waals surface area contributed by atoms with E-state index in [-0.39, 0.29) is 6.10 Å². The molecule has 1 atom stereocenters. The first kappa shape index (κ1) is 11.5. The molecule has 0 heterocycles. The van der Waals surface area contributed by atoms with Crippen LogP contribution >= 0.6 is 0 Å². The van der Waals surface area contributed by atoms with E-state index in [1.54, 1.807) is 0 Å². The van der Waals surface area contributed by atoms with Crippen LogP contribution < -0.4 is 10.5 Å². The number of anilines is 1. The Morgan fingerprint density at radius 2 is 1.65 bits per heavy atom. The summed E-state index contributed by atoms with van der Waals surface area (Å²) >= 11 is 0. The summed E-state index contributed by atoms with van der Waals surface area (Å²) in [7, 11) is 0. The van der Waals surface area contributed by atoms with Crippen molar-refractivity contribution in [1.29, 1.82) is 0 Å². The predicted molar refractivity (Wildman–Crippen MR) is 71.0 cm³/mol. The molecular weight excluding hydrogens is 210 g/mol. The molecular formula is C15H17NO. The first-order chi connectivity index (χ1) is 8.29.